The quantitative estimate of drug-likeness (QED) is 0.226. The van der Waals surface area contributed by atoms with Crippen molar-refractivity contribution in [1.82, 2.24) is 4.57 Å². The number of fused-ring (bicyclic) bond motifs is 7. The average molecular weight is 463 g/mol. The molecule has 7 heteroatoms. The molecule has 0 fully saturated rings. The van der Waals surface area contributed by atoms with Crippen molar-refractivity contribution >= 4 is 50.9 Å². The van der Waals surface area contributed by atoms with E-state index >= 15 is 0 Å². The predicted molar refractivity (Wildman–Crippen MR) is 134 cm³/mol. The zero-order valence-electron chi connectivity index (χ0n) is 18.6. The molecule has 2 N–H and O–H groups in total. The summed E-state index contributed by atoms with van der Waals surface area (Å²) in [6.07, 6.45) is 1.07. The third kappa shape index (κ3) is 3.95. The van der Waals surface area contributed by atoms with Gasteiger partial charge in [-0.05, 0) is 82.9 Å². The van der Waals surface area contributed by atoms with E-state index < -0.39 is 7.60 Å². The maximum atomic E-state index is 11.3. The van der Waals surface area contributed by atoms with E-state index in [9.17, 15) is 14.4 Å². The van der Waals surface area contributed by atoms with Gasteiger partial charge in [-0.3, -0.25) is 4.57 Å². The van der Waals surface area contributed by atoms with E-state index in [0.717, 1.165) is 44.1 Å². The molecule has 170 valence electrons. The van der Waals surface area contributed by atoms with Crippen LogP contribution in [0.3, 0.4) is 0 Å². The van der Waals surface area contributed by atoms with Crippen LogP contribution in [0.25, 0.3) is 43.4 Å². The van der Waals surface area contributed by atoms with Crippen LogP contribution in [0, 0.1) is 0 Å². The Hall–Kier alpha value is -3.05. The minimum Gasteiger partial charge on any atom is -0.497 e. The molecule has 0 unspecified atom stereocenters. The van der Waals surface area contributed by atoms with Crippen LogP contribution in [-0.2, 0) is 11.1 Å². The first-order valence-corrected chi connectivity index (χ1v) is 12.7. The van der Waals surface area contributed by atoms with Crippen molar-refractivity contribution < 1.29 is 23.8 Å². The van der Waals surface area contributed by atoms with Crippen LogP contribution in [-0.4, -0.2) is 34.7 Å². The van der Waals surface area contributed by atoms with Crippen molar-refractivity contribution in [2.75, 3.05) is 20.4 Å². The summed E-state index contributed by atoms with van der Waals surface area (Å²) in [6, 6.07) is 20.8. The van der Waals surface area contributed by atoms with E-state index in [0.29, 0.717) is 19.4 Å². The van der Waals surface area contributed by atoms with Crippen LogP contribution in [0.2, 0.25) is 0 Å². The fourth-order valence-electron chi connectivity index (χ4n) is 4.78. The molecule has 1 heterocycles. The highest BCUT2D eigenvalue weighted by Gasteiger charge is 2.17. The number of aryl methyl sites for hydroxylation is 1. The number of hydrogen-bond donors (Lipinski definition) is 2. The first-order chi connectivity index (χ1) is 15.9. The van der Waals surface area contributed by atoms with Gasteiger partial charge in [0, 0.05) is 34.5 Å². The van der Waals surface area contributed by atoms with E-state index in [1.54, 1.807) is 14.2 Å². The first-order valence-electron chi connectivity index (χ1n) is 10.9. The number of unbranched alkanes of at least 4 members (excludes halogenated alkanes) is 1. The first kappa shape index (κ1) is 21.8. The third-order valence-electron chi connectivity index (χ3n) is 6.32. The van der Waals surface area contributed by atoms with Crippen LogP contribution >= 0.6 is 7.60 Å². The zero-order valence-corrected chi connectivity index (χ0v) is 19.5. The summed E-state index contributed by atoms with van der Waals surface area (Å²) in [7, 11) is -0.641. The second kappa shape index (κ2) is 8.38. The lowest BCUT2D eigenvalue weighted by molar-refractivity contribution is 0.370. The van der Waals surface area contributed by atoms with Crippen molar-refractivity contribution in [2.45, 2.75) is 19.4 Å². The molecule has 0 saturated heterocycles. The molecule has 1 aromatic heterocycles. The molecule has 0 atom stereocenters. The van der Waals surface area contributed by atoms with E-state index in [-0.39, 0.29) is 6.16 Å². The Balaban J connectivity index is 1.77. The SMILES string of the molecule is COc1ccc2c(ccc3c2c2c4ccc(OC)cc4ccc2n3CCCCP(=O)(O)O)c1. The van der Waals surface area contributed by atoms with E-state index in [4.69, 9.17) is 9.47 Å². The lowest BCUT2D eigenvalue weighted by Gasteiger charge is -2.09. The van der Waals surface area contributed by atoms with Gasteiger partial charge in [-0.25, -0.2) is 0 Å². The summed E-state index contributed by atoms with van der Waals surface area (Å²) in [5.41, 5.74) is 2.23. The van der Waals surface area contributed by atoms with Gasteiger partial charge in [0.1, 0.15) is 11.5 Å². The molecule has 0 saturated carbocycles. The van der Waals surface area contributed by atoms with Crippen LogP contribution in [0.15, 0.2) is 60.7 Å². The van der Waals surface area contributed by atoms with Gasteiger partial charge in [0.15, 0.2) is 0 Å². The molecule has 0 aliphatic heterocycles. The van der Waals surface area contributed by atoms with Gasteiger partial charge in [0.05, 0.1) is 14.2 Å². The Kier molecular flexibility index (Phi) is 5.53. The fourth-order valence-corrected chi connectivity index (χ4v) is 5.42. The summed E-state index contributed by atoms with van der Waals surface area (Å²) in [5.74, 6) is 1.63. The molecule has 6 nitrogen and oxygen atoms in total. The van der Waals surface area contributed by atoms with Crippen LogP contribution in [0.4, 0.5) is 0 Å². The molecule has 5 rings (SSSR count). The Labute approximate surface area is 191 Å². The lowest BCUT2D eigenvalue weighted by Crippen LogP contribution is -1.99. The number of nitrogens with zero attached hydrogens (tertiary/aromatic N) is 1. The van der Waals surface area contributed by atoms with Crippen LogP contribution in [0.5, 0.6) is 11.5 Å². The largest absolute Gasteiger partial charge is 0.497 e. The Morgan fingerprint density at radius 2 is 1.27 bits per heavy atom. The molecule has 0 bridgehead atoms. The Morgan fingerprint density at radius 3 is 1.73 bits per heavy atom. The zero-order chi connectivity index (χ0) is 23.2. The maximum Gasteiger partial charge on any atom is 0.325 e. The smallest absolute Gasteiger partial charge is 0.325 e. The summed E-state index contributed by atoms with van der Waals surface area (Å²) in [5, 5.41) is 6.86. The number of ether oxygens (including phenoxy) is 2. The van der Waals surface area contributed by atoms with Crippen molar-refractivity contribution in [3.8, 4) is 11.5 Å². The highest BCUT2D eigenvalue weighted by Crippen LogP contribution is 2.41. The van der Waals surface area contributed by atoms with Gasteiger partial charge in [-0.2, -0.15) is 0 Å². The molecule has 33 heavy (non-hydrogen) atoms. The Morgan fingerprint density at radius 1 is 0.758 bits per heavy atom. The minimum atomic E-state index is -3.98. The Bertz CT molecular complexity index is 1450. The maximum absolute atomic E-state index is 11.3. The summed E-state index contributed by atoms with van der Waals surface area (Å²) >= 11 is 0. The molecule has 4 aromatic carbocycles. The number of hydrogen-bond acceptors (Lipinski definition) is 3. The molecule has 0 spiro atoms. The van der Waals surface area contributed by atoms with Crippen molar-refractivity contribution in [3.05, 3.63) is 60.7 Å². The van der Waals surface area contributed by atoms with Gasteiger partial charge in [-0.15, -0.1) is 0 Å². The molecular formula is C26H26NO5P. The standard InChI is InChI=1S/C26H26NO5P/c1-31-19-7-9-21-17(15-19)5-11-23-25(21)26-22-10-8-20(32-2)16-18(22)6-12-24(26)27(23)13-3-4-14-33(28,29)30/h5-12,15-16H,3-4,13-14H2,1-2H3,(H2,28,29,30). The van der Waals surface area contributed by atoms with E-state index in [2.05, 4.69) is 41.0 Å². The monoisotopic (exact) mass is 463 g/mol. The van der Waals surface area contributed by atoms with Gasteiger partial charge in [-0.1, -0.05) is 12.1 Å². The summed E-state index contributed by atoms with van der Waals surface area (Å²) in [4.78, 5) is 18.4. The fraction of sp³-hybridized carbons (Fsp3) is 0.231. The van der Waals surface area contributed by atoms with Gasteiger partial charge >= 0.3 is 7.60 Å². The molecule has 0 amide bonds. The predicted octanol–water partition coefficient (Wildman–Crippen LogP) is 6.08. The van der Waals surface area contributed by atoms with E-state index in [1.165, 1.54) is 10.8 Å². The normalized spacial score (nSPS) is 12.2. The van der Waals surface area contributed by atoms with Crippen LogP contribution < -0.4 is 9.47 Å². The van der Waals surface area contributed by atoms with Crippen LogP contribution in [0.1, 0.15) is 12.8 Å². The number of aromatic nitrogens is 1. The third-order valence-corrected chi connectivity index (χ3v) is 7.22. The van der Waals surface area contributed by atoms with Crippen molar-refractivity contribution in [3.63, 3.8) is 0 Å². The summed E-state index contributed by atoms with van der Waals surface area (Å²) < 4.78 is 24.4. The number of rotatable bonds is 7. The number of benzene rings is 4. The second-order valence-corrected chi connectivity index (χ2v) is 10.1. The highest BCUT2D eigenvalue weighted by molar-refractivity contribution is 7.51. The average Bonchev–Trinajstić information content (AvgIpc) is 3.14. The molecule has 5 aromatic rings. The van der Waals surface area contributed by atoms with E-state index in [1.807, 2.05) is 24.3 Å². The second-order valence-electron chi connectivity index (χ2n) is 8.34. The van der Waals surface area contributed by atoms with Crippen molar-refractivity contribution in [2.24, 2.45) is 0 Å². The summed E-state index contributed by atoms with van der Waals surface area (Å²) in [6.45, 7) is 0.684. The van der Waals surface area contributed by atoms with Gasteiger partial charge < -0.3 is 23.8 Å². The van der Waals surface area contributed by atoms with Gasteiger partial charge in [0.25, 0.3) is 0 Å². The topological polar surface area (TPSA) is 80.9 Å². The minimum absolute atomic E-state index is 0.0877. The van der Waals surface area contributed by atoms with Gasteiger partial charge in [0.2, 0.25) is 0 Å². The highest BCUT2D eigenvalue weighted by atomic mass is 31.2. The molecule has 0 aliphatic rings. The lowest BCUT2D eigenvalue weighted by atomic mass is 9.99. The molecular weight excluding hydrogens is 437 g/mol. The molecule has 0 aliphatic carbocycles. The molecule has 0 radical (unpaired) electrons. The number of methoxy groups -OCH3 is 2. The van der Waals surface area contributed by atoms with Crippen molar-refractivity contribution in [1.29, 1.82) is 0 Å².